The van der Waals surface area contributed by atoms with Crippen molar-refractivity contribution in [3.8, 4) is 23.0 Å². The van der Waals surface area contributed by atoms with Crippen LogP contribution >= 0.6 is 0 Å². The highest BCUT2D eigenvalue weighted by Crippen LogP contribution is 2.45. The van der Waals surface area contributed by atoms with Crippen LogP contribution in [0.3, 0.4) is 0 Å². The lowest BCUT2D eigenvalue weighted by Crippen LogP contribution is -2.11. The molecule has 0 fully saturated rings. The van der Waals surface area contributed by atoms with E-state index in [1.807, 2.05) is 13.8 Å². The molecular weight excluding hydrogens is 300 g/mol. The zero-order valence-corrected chi connectivity index (χ0v) is 14.5. The molecule has 0 heterocycles. The number of esters is 1. The van der Waals surface area contributed by atoms with E-state index in [0.29, 0.717) is 28.6 Å². The van der Waals surface area contributed by atoms with E-state index in [0.717, 1.165) is 6.42 Å². The SMILES string of the molecule is CCC(C)OC(=O)C=Cc1c(OC)cc(OC)c(OC)c1OC. The maximum Gasteiger partial charge on any atom is 0.331 e. The summed E-state index contributed by atoms with van der Waals surface area (Å²) in [6, 6.07) is 1.67. The molecule has 0 radical (unpaired) electrons. The van der Waals surface area contributed by atoms with Gasteiger partial charge >= 0.3 is 5.97 Å². The highest BCUT2D eigenvalue weighted by atomic mass is 16.5. The number of hydrogen-bond donors (Lipinski definition) is 0. The molecule has 6 nitrogen and oxygen atoms in total. The van der Waals surface area contributed by atoms with Crippen LogP contribution in [0, 0.1) is 0 Å². The molecule has 0 aromatic heterocycles. The Labute approximate surface area is 136 Å². The normalized spacial score (nSPS) is 11.9. The second kappa shape index (κ2) is 8.92. The first-order valence-electron chi connectivity index (χ1n) is 7.27. The quantitative estimate of drug-likeness (QED) is 0.541. The third-order valence-electron chi connectivity index (χ3n) is 3.33. The zero-order chi connectivity index (χ0) is 17.4. The summed E-state index contributed by atoms with van der Waals surface area (Å²) in [4.78, 5) is 11.8. The number of rotatable bonds is 8. The summed E-state index contributed by atoms with van der Waals surface area (Å²) in [6.07, 6.45) is 3.52. The number of methoxy groups -OCH3 is 4. The van der Waals surface area contributed by atoms with Gasteiger partial charge in [-0.2, -0.15) is 0 Å². The number of hydrogen-bond acceptors (Lipinski definition) is 6. The summed E-state index contributed by atoms with van der Waals surface area (Å²) in [5.74, 6) is 1.37. The molecule has 0 saturated carbocycles. The molecule has 0 aliphatic rings. The van der Waals surface area contributed by atoms with Crippen LogP contribution in [-0.2, 0) is 9.53 Å². The molecule has 0 amide bonds. The largest absolute Gasteiger partial charge is 0.496 e. The predicted molar refractivity (Wildman–Crippen MR) is 87.5 cm³/mol. The van der Waals surface area contributed by atoms with Gasteiger partial charge in [0.2, 0.25) is 5.75 Å². The third kappa shape index (κ3) is 4.55. The van der Waals surface area contributed by atoms with Crippen molar-refractivity contribution < 1.29 is 28.5 Å². The Hall–Kier alpha value is -2.37. The van der Waals surface area contributed by atoms with E-state index in [4.69, 9.17) is 23.7 Å². The van der Waals surface area contributed by atoms with Crippen LogP contribution in [0.5, 0.6) is 23.0 Å². The molecule has 0 aliphatic heterocycles. The van der Waals surface area contributed by atoms with Gasteiger partial charge in [-0.3, -0.25) is 0 Å². The van der Waals surface area contributed by atoms with E-state index in [-0.39, 0.29) is 6.10 Å². The average Bonchev–Trinajstić information content (AvgIpc) is 2.57. The van der Waals surface area contributed by atoms with Crippen molar-refractivity contribution >= 4 is 12.0 Å². The van der Waals surface area contributed by atoms with E-state index in [2.05, 4.69) is 0 Å². The number of carbonyl (C=O) groups is 1. The molecule has 1 rings (SSSR count). The van der Waals surface area contributed by atoms with Gasteiger partial charge in [0, 0.05) is 12.1 Å². The maximum atomic E-state index is 11.8. The number of carbonyl (C=O) groups excluding carboxylic acids is 1. The van der Waals surface area contributed by atoms with Crippen LogP contribution < -0.4 is 18.9 Å². The third-order valence-corrected chi connectivity index (χ3v) is 3.33. The van der Waals surface area contributed by atoms with Gasteiger partial charge < -0.3 is 23.7 Å². The Morgan fingerprint density at radius 2 is 1.65 bits per heavy atom. The Balaban J connectivity index is 3.25. The van der Waals surface area contributed by atoms with Crippen molar-refractivity contribution in [3.63, 3.8) is 0 Å². The maximum absolute atomic E-state index is 11.8. The predicted octanol–water partition coefficient (Wildman–Crippen LogP) is 3.08. The van der Waals surface area contributed by atoms with E-state index in [1.54, 1.807) is 12.1 Å². The molecule has 23 heavy (non-hydrogen) atoms. The zero-order valence-electron chi connectivity index (χ0n) is 14.5. The minimum absolute atomic E-state index is 0.138. The molecule has 0 bridgehead atoms. The molecule has 1 unspecified atom stereocenters. The Bertz CT molecular complexity index is 565. The van der Waals surface area contributed by atoms with E-state index in [9.17, 15) is 4.79 Å². The Kier molecular flexibility index (Phi) is 7.25. The highest BCUT2D eigenvalue weighted by Gasteiger charge is 2.20. The van der Waals surface area contributed by atoms with E-state index >= 15 is 0 Å². The summed E-state index contributed by atoms with van der Waals surface area (Å²) >= 11 is 0. The molecular formula is C17H24O6. The lowest BCUT2D eigenvalue weighted by atomic mass is 10.1. The van der Waals surface area contributed by atoms with Gasteiger partial charge in [-0.1, -0.05) is 6.92 Å². The van der Waals surface area contributed by atoms with E-state index < -0.39 is 5.97 Å². The van der Waals surface area contributed by atoms with Crippen molar-refractivity contribution in [2.24, 2.45) is 0 Å². The first-order chi connectivity index (χ1) is 11.0. The minimum Gasteiger partial charge on any atom is -0.496 e. The van der Waals surface area contributed by atoms with Crippen molar-refractivity contribution in [1.82, 2.24) is 0 Å². The standard InChI is InChI=1S/C17H24O6/c1-7-11(2)23-15(18)9-8-12-13(19-3)10-14(20-4)17(22-6)16(12)21-5/h8-11H,7H2,1-6H3. The Morgan fingerprint density at radius 1 is 1.04 bits per heavy atom. The fourth-order valence-corrected chi connectivity index (χ4v) is 1.96. The van der Waals surface area contributed by atoms with Crippen LogP contribution in [-0.4, -0.2) is 40.5 Å². The Morgan fingerprint density at radius 3 is 2.13 bits per heavy atom. The molecule has 1 aromatic rings. The van der Waals surface area contributed by atoms with Crippen molar-refractivity contribution in [3.05, 3.63) is 17.7 Å². The molecule has 1 aromatic carbocycles. The van der Waals surface area contributed by atoms with Crippen LogP contribution in [0.2, 0.25) is 0 Å². The van der Waals surface area contributed by atoms with Gasteiger partial charge in [-0.05, 0) is 19.4 Å². The van der Waals surface area contributed by atoms with Crippen LogP contribution in [0.1, 0.15) is 25.8 Å². The number of benzene rings is 1. The van der Waals surface area contributed by atoms with Gasteiger partial charge in [0.25, 0.3) is 0 Å². The molecule has 0 N–H and O–H groups in total. The summed E-state index contributed by atoms with van der Waals surface area (Å²) in [5, 5.41) is 0. The van der Waals surface area contributed by atoms with Crippen molar-refractivity contribution in [2.75, 3.05) is 28.4 Å². The average molecular weight is 324 g/mol. The van der Waals surface area contributed by atoms with Crippen LogP contribution in [0.25, 0.3) is 6.08 Å². The van der Waals surface area contributed by atoms with Gasteiger partial charge in [-0.25, -0.2) is 4.79 Å². The van der Waals surface area contributed by atoms with Crippen LogP contribution in [0.4, 0.5) is 0 Å². The lowest BCUT2D eigenvalue weighted by molar-refractivity contribution is -0.142. The molecule has 0 aliphatic carbocycles. The molecule has 128 valence electrons. The minimum atomic E-state index is -0.432. The summed E-state index contributed by atoms with van der Waals surface area (Å²) < 4.78 is 26.6. The highest BCUT2D eigenvalue weighted by molar-refractivity contribution is 5.89. The second-order valence-corrected chi connectivity index (χ2v) is 4.75. The first-order valence-corrected chi connectivity index (χ1v) is 7.27. The first kappa shape index (κ1) is 18.7. The van der Waals surface area contributed by atoms with Crippen molar-refractivity contribution in [2.45, 2.75) is 26.4 Å². The van der Waals surface area contributed by atoms with Crippen molar-refractivity contribution in [1.29, 1.82) is 0 Å². The second-order valence-electron chi connectivity index (χ2n) is 4.75. The molecule has 6 heteroatoms. The van der Waals surface area contributed by atoms with Gasteiger partial charge in [0.15, 0.2) is 11.5 Å². The number of ether oxygens (including phenoxy) is 5. The topological polar surface area (TPSA) is 63.2 Å². The lowest BCUT2D eigenvalue weighted by Gasteiger charge is -2.17. The fraction of sp³-hybridized carbons (Fsp3) is 0.471. The smallest absolute Gasteiger partial charge is 0.331 e. The summed E-state index contributed by atoms with van der Waals surface area (Å²) in [5.41, 5.74) is 0.564. The molecule has 0 saturated heterocycles. The fourth-order valence-electron chi connectivity index (χ4n) is 1.96. The van der Waals surface area contributed by atoms with Gasteiger partial charge in [-0.15, -0.1) is 0 Å². The molecule has 1 atom stereocenters. The monoisotopic (exact) mass is 324 g/mol. The summed E-state index contributed by atoms with van der Waals surface area (Å²) in [6.45, 7) is 3.78. The van der Waals surface area contributed by atoms with Gasteiger partial charge in [0.05, 0.1) is 40.1 Å². The van der Waals surface area contributed by atoms with Crippen LogP contribution in [0.15, 0.2) is 12.1 Å². The van der Waals surface area contributed by atoms with Gasteiger partial charge in [0.1, 0.15) is 5.75 Å². The molecule has 0 spiro atoms. The summed E-state index contributed by atoms with van der Waals surface area (Å²) in [7, 11) is 6.06. The van der Waals surface area contributed by atoms with E-state index in [1.165, 1.54) is 34.5 Å².